The van der Waals surface area contributed by atoms with Gasteiger partial charge in [-0.05, 0) is 36.6 Å². The Bertz CT molecular complexity index is 1770. The summed E-state index contributed by atoms with van der Waals surface area (Å²) in [6, 6.07) is 16.2. The van der Waals surface area contributed by atoms with Gasteiger partial charge in [0.2, 0.25) is 0 Å². The molecule has 1 aromatic carbocycles. The molecule has 11 heteroatoms. The monoisotopic (exact) mass is 581 g/mol. The molecule has 43 heavy (non-hydrogen) atoms. The molecule has 1 saturated heterocycles. The second-order valence-corrected chi connectivity index (χ2v) is 11.3. The largest absolute Gasteiger partial charge is 0.379 e. The topological polar surface area (TPSA) is 108 Å². The Morgan fingerprint density at radius 3 is 2.65 bits per heavy atom. The van der Waals surface area contributed by atoms with Crippen molar-refractivity contribution in [2.75, 3.05) is 39.4 Å². The van der Waals surface area contributed by atoms with Gasteiger partial charge >= 0.3 is 0 Å². The number of hydrogen-bond acceptors (Lipinski definition) is 8. The van der Waals surface area contributed by atoms with Gasteiger partial charge < -0.3 is 29.0 Å². The summed E-state index contributed by atoms with van der Waals surface area (Å²) < 4.78 is 20.8. The number of benzene rings is 1. The molecule has 1 saturated carbocycles. The van der Waals surface area contributed by atoms with Gasteiger partial charge in [-0.15, -0.1) is 0 Å². The van der Waals surface area contributed by atoms with Crippen LogP contribution in [0.4, 0.5) is 5.69 Å². The van der Waals surface area contributed by atoms with Gasteiger partial charge in [0, 0.05) is 51.2 Å². The molecule has 1 amide bonds. The van der Waals surface area contributed by atoms with Crippen molar-refractivity contribution in [1.82, 2.24) is 29.5 Å². The number of amides is 1. The van der Waals surface area contributed by atoms with E-state index in [0.29, 0.717) is 36.8 Å². The second-order valence-electron chi connectivity index (χ2n) is 11.3. The van der Waals surface area contributed by atoms with Crippen LogP contribution in [0, 0.1) is 0 Å². The van der Waals surface area contributed by atoms with E-state index in [0.717, 1.165) is 40.7 Å². The van der Waals surface area contributed by atoms with Gasteiger partial charge in [0.25, 0.3) is 5.91 Å². The summed E-state index contributed by atoms with van der Waals surface area (Å²) >= 11 is 0. The fraction of sp³-hybridized carbons (Fsp3) is 0.375. The molecule has 0 radical (unpaired) electrons. The number of fused-ring (bicyclic) bond motifs is 2. The van der Waals surface area contributed by atoms with Gasteiger partial charge in [-0.2, -0.15) is 5.10 Å². The summed E-state index contributed by atoms with van der Waals surface area (Å²) in [4.78, 5) is 25.1. The number of nitrogens with zero attached hydrogens (tertiary/aromatic N) is 6. The number of rotatable bonds is 9. The van der Waals surface area contributed by atoms with Crippen molar-refractivity contribution in [1.29, 1.82) is 0 Å². The molecule has 1 aliphatic carbocycles. The lowest BCUT2D eigenvalue weighted by molar-refractivity contribution is 0.00718. The molecule has 5 aromatic rings. The van der Waals surface area contributed by atoms with Crippen LogP contribution < -0.4 is 10.2 Å². The minimum atomic E-state index is -0.226. The third-order valence-electron chi connectivity index (χ3n) is 8.71. The van der Waals surface area contributed by atoms with Crippen molar-refractivity contribution < 1.29 is 19.0 Å². The first kappa shape index (κ1) is 27.5. The summed E-state index contributed by atoms with van der Waals surface area (Å²) in [6.07, 6.45) is 7.22. The highest BCUT2D eigenvalue weighted by Gasteiger charge is 2.34. The summed E-state index contributed by atoms with van der Waals surface area (Å²) in [7, 11) is 5.42. The fourth-order valence-electron chi connectivity index (χ4n) is 6.17. The van der Waals surface area contributed by atoms with Crippen LogP contribution in [0.3, 0.4) is 0 Å². The lowest BCUT2D eigenvalue weighted by Gasteiger charge is -2.35. The Balaban J connectivity index is 1.36. The van der Waals surface area contributed by atoms with Crippen molar-refractivity contribution in [3.63, 3.8) is 0 Å². The highest BCUT2D eigenvalue weighted by Crippen LogP contribution is 2.36. The van der Waals surface area contributed by atoms with Crippen molar-refractivity contribution in [2.24, 2.45) is 0 Å². The van der Waals surface area contributed by atoms with Crippen molar-refractivity contribution >= 4 is 28.3 Å². The first-order chi connectivity index (χ1) is 21.1. The highest BCUT2D eigenvalue weighted by molar-refractivity contribution is 5.96. The Morgan fingerprint density at radius 2 is 1.88 bits per heavy atom. The third kappa shape index (κ3) is 4.93. The van der Waals surface area contributed by atoms with Crippen LogP contribution in [-0.4, -0.2) is 82.8 Å². The van der Waals surface area contributed by atoms with E-state index in [4.69, 9.17) is 29.3 Å². The van der Waals surface area contributed by atoms with Crippen LogP contribution in [0.1, 0.15) is 34.9 Å². The van der Waals surface area contributed by atoms with Gasteiger partial charge in [0.15, 0.2) is 11.3 Å². The van der Waals surface area contributed by atoms with Gasteiger partial charge in [-0.3, -0.25) is 4.79 Å². The number of hydrogen-bond donors (Lipinski definition) is 1. The molecule has 2 fully saturated rings. The third-order valence-corrected chi connectivity index (χ3v) is 8.71. The number of carbonyl (C=O) groups excluding carboxylic acids is 1. The molecule has 1 aliphatic heterocycles. The normalized spacial score (nSPS) is 21.7. The van der Waals surface area contributed by atoms with Crippen LogP contribution in [0.5, 0.6) is 0 Å². The first-order valence-electron chi connectivity index (χ1n) is 14.6. The van der Waals surface area contributed by atoms with E-state index in [1.54, 1.807) is 31.1 Å². The number of methoxy groups -OCH3 is 2. The molecule has 0 bridgehead atoms. The molecule has 2 aliphatic rings. The van der Waals surface area contributed by atoms with Crippen LogP contribution >= 0.6 is 0 Å². The predicted octanol–water partition coefficient (Wildman–Crippen LogP) is 3.88. The standard InChI is InChI=1S/C32H35N7O4/c1-37(16-20-8-5-4-6-9-20)25-14-24(36-39-26(15-34-31(25)39)32(40)35-23-11-12-28(23)41-2)22-17-38(27-18-43-19-29(27)42-3)30-21(22)10-7-13-33-30/h4-10,13-15,17,23,27-29H,11-12,16,18-19H2,1-3H3,(H,35,40)/t23?,27-,28-,29-/m0/s1. The number of imidazole rings is 1. The van der Waals surface area contributed by atoms with E-state index in [-0.39, 0.29) is 30.2 Å². The van der Waals surface area contributed by atoms with Crippen LogP contribution in [0.25, 0.3) is 27.9 Å². The number of nitrogens with one attached hydrogen (secondary N) is 1. The van der Waals surface area contributed by atoms with Crippen molar-refractivity contribution in [2.45, 2.75) is 43.7 Å². The lowest BCUT2D eigenvalue weighted by atomic mass is 9.89. The zero-order chi connectivity index (χ0) is 29.5. The highest BCUT2D eigenvalue weighted by atomic mass is 16.5. The number of ether oxygens (including phenoxy) is 3. The van der Waals surface area contributed by atoms with E-state index in [2.05, 4.69) is 33.1 Å². The van der Waals surface area contributed by atoms with Gasteiger partial charge in [0.05, 0.1) is 49.0 Å². The Morgan fingerprint density at radius 1 is 1.05 bits per heavy atom. The van der Waals surface area contributed by atoms with Crippen molar-refractivity contribution in [3.05, 3.63) is 78.4 Å². The van der Waals surface area contributed by atoms with Gasteiger partial charge in [-0.1, -0.05) is 30.3 Å². The molecule has 4 aromatic heterocycles. The average Bonchev–Trinajstić information content (AvgIpc) is 3.76. The van der Waals surface area contributed by atoms with Crippen LogP contribution in [0.2, 0.25) is 0 Å². The number of carbonyl (C=O) groups is 1. The Hall–Kier alpha value is -4.32. The Labute approximate surface area is 249 Å². The van der Waals surface area contributed by atoms with Crippen LogP contribution in [0.15, 0.2) is 67.1 Å². The molecule has 4 atom stereocenters. The van der Waals surface area contributed by atoms with Crippen LogP contribution in [-0.2, 0) is 20.8 Å². The van der Waals surface area contributed by atoms with E-state index in [1.165, 1.54) is 0 Å². The lowest BCUT2D eigenvalue weighted by Crippen LogP contribution is -2.51. The molecule has 1 unspecified atom stereocenters. The summed E-state index contributed by atoms with van der Waals surface area (Å²) in [6.45, 7) is 1.72. The summed E-state index contributed by atoms with van der Waals surface area (Å²) in [5.41, 5.74) is 5.44. The van der Waals surface area contributed by atoms with Gasteiger partial charge in [-0.25, -0.2) is 14.5 Å². The minimum absolute atomic E-state index is 0.0216. The average molecular weight is 582 g/mol. The molecule has 5 heterocycles. The maximum atomic E-state index is 13.5. The SMILES string of the molecule is CO[C@H]1CCC1NC(=O)c1cnc2c(N(C)Cc3ccccc3)cc(-c3cn([C@H]4COC[C@@H]4OC)c4ncccc34)nn12. The summed E-state index contributed by atoms with van der Waals surface area (Å²) in [5.74, 6) is -0.226. The molecular formula is C32H35N7O4. The van der Waals surface area contributed by atoms with E-state index >= 15 is 0 Å². The molecule has 222 valence electrons. The number of pyridine rings is 1. The molecule has 7 rings (SSSR count). The predicted molar refractivity (Wildman–Crippen MR) is 162 cm³/mol. The van der Waals surface area contributed by atoms with Gasteiger partial charge in [0.1, 0.15) is 11.8 Å². The minimum Gasteiger partial charge on any atom is -0.379 e. The van der Waals surface area contributed by atoms with E-state index in [1.807, 2.05) is 43.4 Å². The van der Waals surface area contributed by atoms with E-state index in [9.17, 15) is 4.79 Å². The number of anilines is 1. The maximum absolute atomic E-state index is 13.5. The number of aromatic nitrogens is 5. The van der Waals surface area contributed by atoms with E-state index < -0.39 is 0 Å². The molecule has 0 spiro atoms. The zero-order valence-corrected chi connectivity index (χ0v) is 24.5. The first-order valence-corrected chi connectivity index (χ1v) is 14.6. The smallest absolute Gasteiger partial charge is 0.271 e. The summed E-state index contributed by atoms with van der Waals surface area (Å²) in [5, 5.41) is 9.10. The molecule has 1 N–H and O–H groups in total. The fourth-order valence-corrected chi connectivity index (χ4v) is 6.17. The second kappa shape index (κ2) is 11.4. The zero-order valence-electron chi connectivity index (χ0n) is 24.5. The Kier molecular flexibility index (Phi) is 7.29. The molecule has 11 nitrogen and oxygen atoms in total. The quantitative estimate of drug-likeness (QED) is 0.280. The maximum Gasteiger partial charge on any atom is 0.271 e. The van der Waals surface area contributed by atoms with Crippen molar-refractivity contribution in [3.8, 4) is 11.3 Å². The molecular weight excluding hydrogens is 546 g/mol.